The summed E-state index contributed by atoms with van der Waals surface area (Å²) in [4.78, 5) is 8.25. The maximum atomic E-state index is 4.79. The quantitative estimate of drug-likeness (QED) is 0.676. The smallest absolute Gasteiger partial charge is 0.173 e. The number of nitrogens with zero attached hydrogens (tertiary/aromatic N) is 2. The van der Waals surface area contributed by atoms with Gasteiger partial charge in [-0.05, 0) is 37.7 Å². The van der Waals surface area contributed by atoms with Crippen LogP contribution >= 0.6 is 11.8 Å². The largest absolute Gasteiger partial charge is 0.293 e. The zero-order chi connectivity index (χ0) is 11.3. The van der Waals surface area contributed by atoms with Crippen LogP contribution in [0.3, 0.4) is 0 Å². The molecule has 0 amide bonds. The summed E-state index contributed by atoms with van der Waals surface area (Å²) in [5.74, 6) is 0. The molecule has 2 aliphatic rings. The van der Waals surface area contributed by atoms with Crippen LogP contribution in [-0.2, 0) is 0 Å². The molecule has 0 aliphatic carbocycles. The first-order valence-corrected chi connectivity index (χ1v) is 6.23. The molecule has 0 spiro atoms. The van der Waals surface area contributed by atoms with Crippen molar-refractivity contribution in [3.05, 3.63) is 36.5 Å². The molecule has 0 saturated heterocycles. The Balaban J connectivity index is 2.14. The Morgan fingerprint density at radius 2 is 2.12 bits per heavy atom. The Hall–Kier alpha value is -1.22. The first-order valence-electron chi connectivity index (χ1n) is 5.41. The zero-order valence-corrected chi connectivity index (χ0v) is 10.3. The standard InChI is InChI=1S/C13H14N2S/c1-9-8-13(2,3)14-12-15(9)10-6-4-5-7-11(10)16-12/h4-7H,1,8H2,2-3H3. The highest BCUT2D eigenvalue weighted by molar-refractivity contribution is 8.14. The van der Waals surface area contributed by atoms with Crippen LogP contribution < -0.4 is 4.90 Å². The van der Waals surface area contributed by atoms with Gasteiger partial charge in [-0.2, -0.15) is 0 Å². The summed E-state index contributed by atoms with van der Waals surface area (Å²) in [6.45, 7) is 8.50. The predicted molar refractivity (Wildman–Crippen MR) is 70.0 cm³/mol. The number of benzene rings is 1. The average molecular weight is 230 g/mol. The molecule has 0 radical (unpaired) electrons. The highest BCUT2D eigenvalue weighted by atomic mass is 32.2. The Kier molecular flexibility index (Phi) is 1.96. The summed E-state index contributed by atoms with van der Waals surface area (Å²) in [5.41, 5.74) is 2.36. The maximum Gasteiger partial charge on any atom is 0.173 e. The Bertz CT molecular complexity index is 502. The summed E-state index contributed by atoms with van der Waals surface area (Å²) in [6.07, 6.45) is 0.922. The van der Waals surface area contributed by atoms with E-state index in [-0.39, 0.29) is 5.54 Å². The van der Waals surface area contributed by atoms with Crippen molar-refractivity contribution in [2.24, 2.45) is 4.99 Å². The lowest BCUT2D eigenvalue weighted by Crippen LogP contribution is -2.36. The number of aliphatic imine (C=N–C) groups is 1. The number of para-hydroxylation sites is 1. The van der Waals surface area contributed by atoms with Gasteiger partial charge in [0.05, 0.1) is 11.2 Å². The molecule has 0 aromatic heterocycles. The number of amidine groups is 1. The number of fused-ring (bicyclic) bond motifs is 3. The van der Waals surface area contributed by atoms with Gasteiger partial charge >= 0.3 is 0 Å². The van der Waals surface area contributed by atoms with Gasteiger partial charge in [0.25, 0.3) is 0 Å². The van der Waals surface area contributed by atoms with E-state index in [9.17, 15) is 0 Å². The van der Waals surface area contributed by atoms with Crippen LogP contribution in [0.2, 0.25) is 0 Å². The number of thioether (sulfide) groups is 1. The molecule has 0 fully saturated rings. The van der Waals surface area contributed by atoms with E-state index in [0.717, 1.165) is 17.3 Å². The molecule has 1 aromatic rings. The molecule has 2 nitrogen and oxygen atoms in total. The molecule has 2 aliphatic heterocycles. The van der Waals surface area contributed by atoms with Gasteiger partial charge in [-0.3, -0.25) is 9.89 Å². The first kappa shape index (κ1) is 9.97. The van der Waals surface area contributed by atoms with E-state index in [1.807, 2.05) is 0 Å². The lowest BCUT2D eigenvalue weighted by molar-refractivity contribution is 0.505. The minimum Gasteiger partial charge on any atom is -0.293 e. The fourth-order valence-electron chi connectivity index (χ4n) is 2.23. The Morgan fingerprint density at radius 3 is 2.94 bits per heavy atom. The number of anilines is 1. The molecule has 3 rings (SSSR count). The molecule has 3 heteroatoms. The molecule has 16 heavy (non-hydrogen) atoms. The van der Waals surface area contributed by atoms with Gasteiger partial charge in [0.2, 0.25) is 0 Å². The summed E-state index contributed by atoms with van der Waals surface area (Å²) in [6, 6.07) is 8.41. The summed E-state index contributed by atoms with van der Waals surface area (Å²) >= 11 is 1.74. The summed E-state index contributed by atoms with van der Waals surface area (Å²) in [5, 5.41) is 1.07. The van der Waals surface area contributed by atoms with Crippen LogP contribution in [0.15, 0.2) is 46.4 Å². The van der Waals surface area contributed by atoms with Crippen LogP contribution in [0.4, 0.5) is 5.69 Å². The van der Waals surface area contributed by atoms with Gasteiger partial charge in [-0.1, -0.05) is 18.7 Å². The van der Waals surface area contributed by atoms with Crippen LogP contribution in [0.5, 0.6) is 0 Å². The van der Waals surface area contributed by atoms with E-state index >= 15 is 0 Å². The molecule has 0 atom stereocenters. The summed E-state index contributed by atoms with van der Waals surface area (Å²) in [7, 11) is 0. The van der Waals surface area contributed by atoms with Crippen molar-refractivity contribution in [3.8, 4) is 0 Å². The van der Waals surface area contributed by atoms with Gasteiger partial charge in [0, 0.05) is 17.0 Å². The van der Waals surface area contributed by atoms with Crippen LogP contribution in [0.1, 0.15) is 20.3 Å². The van der Waals surface area contributed by atoms with Gasteiger partial charge in [-0.15, -0.1) is 0 Å². The molecule has 0 N–H and O–H groups in total. The minimum atomic E-state index is -0.0159. The fraction of sp³-hybridized carbons (Fsp3) is 0.308. The minimum absolute atomic E-state index is 0.0159. The van der Waals surface area contributed by atoms with Gasteiger partial charge in [0.15, 0.2) is 5.17 Å². The van der Waals surface area contributed by atoms with E-state index in [1.54, 1.807) is 11.8 Å². The highest BCUT2D eigenvalue weighted by Gasteiger charge is 2.36. The van der Waals surface area contributed by atoms with Crippen molar-refractivity contribution < 1.29 is 0 Å². The molecule has 0 bridgehead atoms. The van der Waals surface area contributed by atoms with E-state index in [1.165, 1.54) is 10.6 Å². The van der Waals surface area contributed by atoms with Crippen molar-refractivity contribution >= 4 is 22.6 Å². The number of rotatable bonds is 0. The van der Waals surface area contributed by atoms with E-state index in [4.69, 9.17) is 4.99 Å². The Morgan fingerprint density at radius 1 is 1.38 bits per heavy atom. The van der Waals surface area contributed by atoms with E-state index < -0.39 is 0 Å². The normalized spacial score (nSPS) is 21.5. The van der Waals surface area contributed by atoms with Crippen LogP contribution in [-0.4, -0.2) is 10.7 Å². The fourth-order valence-corrected chi connectivity index (χ4v) is 3.45. The molecule has 82 valence electrons. The predicted octanol–water partition coefficient (Wildman–Crippen LogP) is 3.65. The van der Waals surface area contributed by atoms with E-state index in [2.05, 4.69) is 49.6 Å². The monoisotopic (exact) mass is 230 g/mol. The second-order valence-electron chi connectivity index (χ2n) is 4.86. The third kappa shape index (κ3) is 1.39. The average Bonchev–Trinajstić information content (AvgIpc) is 2.52. The van der Waals surface area contributed by atoms with Crippen LogP contribution in [0.25, 0.3) is 0 Å². The molecular weight excluding hydrogens is 216 g/mol. The van der Waals surface area contributed by atoms with Crippen molar-refractivity contribution in [2.75, 3.05) is 4.90 Å². The van der Waals surface area contributed by atoms with Crippen molar-refractivity contribution in [1.82, 2.24) is 0 Å². The lowest BCUT2D eigenvalue weighted by Gasteiger charge is -2.33. The Labute approximate surface area is 100 Å². The molecule has 0 saturated carbocycles. The van der Waals surface area contributed by atoms with Crippen molar-refractivity contribution in [2.45, 2.75) is 30.7 Å². The van der Waals surface area contributed by atoms with Crippen molar-refractivity contribution in [3.63, 3.8) is 0 Å². The molecule has 2 heterocycles. The second kappa shape index (κ2) is 3.14. The SMILES string of the molecule is C=C1CC(C)(C)N=C2Sc3ccccc3N12. The van der Waals surface area contributed by atoms with E-state index in [0.29, 0.717) is 0 Å². The molecular formula is C13H14N2S. The summed E-state index contributed by atoms with van der Waals surface area (Å²) < 4.78 is 0. The van der Waals surface area contributed by atoms with Gasteiger partial charge in [-0.25, -0.2) is 0 Å². The number of hydrogen-bond acceptors (Lipinski definition) is 3. The van der Waals surface area contributed by atoms with Gasteiger partial charge in [0.1, 0.15) is 0 Å². The maximum absolute atomic E-state index is 4.79. The third-order valence-electron chi connectivity index (χ3n) is 2.85. The molecule has 0 unspecified atom stereocenters. The number of hydrogen-bond donors (Lipinski definition) is 0. The van der Waals surface area contributed by atoms with Gasteiger partial charge < -0.3 is 0 Å². The topological polar surface area (TPSA) is 15.6 Å². The zero-order valence-electron chi connectivity index (χ0n) is 9.53. The highest BCUT2D eigenvalue weighted by Crippen LogP contribution is 2.46. The van der Waals surface area contributed by atoms with Crippen molar-refractivity contribution in [1.29, 1.82) is 0 Å². The molecule has 1 aromatic carbocycles. The van der Waals surface area contributed by atoms with Crippen LogP contribution in [0, 0.1) is 0 Å². The third-order valence-corrected chi connectivity index (χ3v) is 3.87. The first-order chi connectivity index (χ1) is 7.57. The second-order valence-corrected chi connectivity index (χ2v) is 5.86. The lowest BCUT2D eigenvalue weighted by atomic mass is 9.97.